The highest BCUT2D eigenvalue weighted by molar-refractivity contribution is 5.21. The Bertz CT molecular complexity index is 297. The lowest BCUT2D eigenvalue weighted by molar-refractivity contribution is -0.946. The Morgan fingerprint density at radius 3 is 1.19 bits per heavy atom. The molecule has 1 aromatic rings. The van der Waals surface area contributed by atoms with Crippen LogP contribution in [0.25, 0.3) is 0 Å². The van der Waals surface area contributed by atoms with Gasteiger partial charge in [0.2, 0.25) is 0 Å². The molecule has 0 atom stereocenters. The highest BCUT2D eigenvalue weighted by Gasteiger charge is 2.13. The van der Waals surface area contributed by atoms with Gasteiger partial charge in [-0.1, -0.05) is 24.3 Å². The van der Waals surface area contributed by atoms with Crippen LogP contribution in [0, 0.1) is 0 Å². The van der Waals surface area contributed by atoms with Gasteiger partial charge >= 0.3 is 0 Å². The molecule has 0 amide bonds. The van der Waals surface area contributed by atoms with Crippen LogP contribution in [0.1, 0.15) is 11.1 Å². The molecule has 1 rings (SSSR count). The average molecular weight is 226 g/mol. The van der Waals surface area contributed by atoms with Crippen molar-refractivity contribution in [3.63, 3.8) is 0 Å². The maximum absolute atomic E-state index is 5.68. The molecule has 0 aliphatic rings. The summed E-state index contributed by atoms with van der Waals surface area (Å²) in [6, 6.07) is 7.95. The van der Waals surface area contributed by atoms with E-state index >= 15 is 0 Å². The molecule has 0 heterocycles. The van der Waals surface area contributed by atoms with Gasteiger partial charge in [0.15, 0.2) is 0 Å². The summed E-state index contributed by atoms with van der Waals surface area (Å²) in [5.41, 5.74) is 2.17. The summed E-state index contributed by atoms with van der Waals surface area (Å²) in [6.07, 6.45) is 0. The summed E-state index contributed by atoms with van der Waals surface area (Å²) in [5.74, 6) is 22.7. The zero-order valence-corrected chi connectivity index (χ0v) is 9.93. The van der Waals surface area contributed by atoms with Crippen LogP contribution in [-0.4, -0.2) is 23.5 Å². The van der Waals surface area contributed by atoms with Crippen molar-refractivity contribution in [2.45, 2.75) is 13.1 Å². The summed E-state index contributed by atoms with van der Waals surface area (Å²) in [7, 11) is 3.48. The first-order chi connectivity index (χ1) is 7.16. The summed E-state index contributed by atoms with van der Waals surface area (Å²) in [5, 5.41) is 0. The minimum absolute atomic E-state index is 0.0685. The van der Waals surface area contributed by atoms with Crippen molar-refractivity contribution >= 4 is 0 Å². The van der Waals surface area contributed by atoms with Crippen LogP contribution in [0.15, 0.2) is 24.3 Å². The quantitative estimate of drug-likeness (QED) is 0.302. The topological polar surface area (TPSA) is 104 Å². The summed E-state index contributed by atoms with van der Waals surface area (Å²) < 4.78 is -0.137. The lowest BCUT2D eigenvalue weighted by atomic mass is 10.1. The van der Waals surface area contributed by atoms with Crippen molar-refractivity contribution in [3.8, 4) is 0 Å². The van der Waals surface area contributed by atoms with Gasteiger partial charge < -0.3 is 0 Å². The molecule has 0 radical (unpaired) electrons. The van der Waals surface area contributed by atoms with E-state index < -0.39 is 0 Å². The maximum atomic E-state index is 5.68. The fourth-order valence-electron chi connectivity index (χ4n) is 1.54. The third-order valence-electron chi connectivity index (χ3n) is 2.07. The Morgan fingerprint density at radius 2 is 1.00 bits per heavy atom. The Kier molecular flexibility index (Phi) is 3.64. The SMILES string of the molecule is C[N+](N)(N)Cc1ccc(C[N+](C)(N)N)cc1. The van der Waals surface area contributed by atoms with Crippen LogP contribution in [0.5, 0.6) is 0 Å². The number of hydrogen-bond acceptors (Lipinski definition) is 4. The van der Waals surface area contributed by atoms with Crippen LogP contribution in [0.4, 0.5) is 0 Å². The Morgan fingerprint density at radius 1 is 0.750 bits per heavy atom. The van der Waals surface area contributed by atoms with Gasteiger partial charge in [-0.05, 0) is 0 Å². The molecule has 0 aliphatic heterocycles. The molecule has 6 nitrogen and oxygen atoms in total. The third kappa shape index (κ3) is 5.17. The fraction of sp³-hybridized carbons (Fsp3) is 0.400. The van der Waals surface area contributed by atoms with E-state index in [9.17, 15) is 0 Å². The van der Waals surface area contributed by atoms with Crippen molar-refractivity contribution in [2.75, 3.05) is 14.1 Å². The van der Waals surface area contributed by atoms with Gasteiger partial charge in [0, 0.05) is 11.1 Å². The first-order valence-electron chi connectivity index (χ1n) is 5.09. The predicted molar refractivity (Wildman–Crippen MR) is 63.0 cm³/mol. The van der Waals surface area contributed by atoms with E-state index in [2.05, 4.69) is 0 Å². The Labute approximate surface area is 96.1 Å². The van der Waals surface area contributed by atoms with E-state index in [0.717, 1.165) is 11.1 Å². The summed E-state index contributed by atoms with van der Waals surface area (Å²) >= 11 is 0. The van der Waals surface area contributed by atoms with E-state index in [1.807, 2.05) is 24.3 Å². The molecule has 0 bridgehead atoms. The maximum Gasteiger partial charge on any atom is 0.139 e. The van der Waals surface area contributed by atoms with Crippen molar-refractivity contribution in [1.29, 1.82) is 0 Å². The third-order valence-corrected chi connectivity index (χ3v) is 2.07. The average Bonchev–Trinajstić information content (AvgIpc) is 2.03. The molecule has 16 heavy (non-hydrogen) atoms. The lowest BCUT2D eigenvalue weighted by Crippen LogP contribution is -2.56. The van der Waals surface area contributed by atoms with Gasteiger partial charge in [-0.25, -0.2) is 0 Å². The molecule has 90 valence electrons. The van der Waals surface area contributed by atoms with Crippen LogP contribution >= 0.6 is 0 Å². The fourth-order valence-corrected chi connectivity index (χ4v) is 1.54. The second-order valence-corrected chi connectivity index (χ2v) is 4.83. The molecular weight excluding hydrogens is 204 g/mol. The highest BCUT2D eigenvalue weighted by atomic mass is 15.7. The van der Waals surface area contributed by atoms with Crippen molar-refractivity contribution in [1.82, 2.24) is 0 Å². The molecule has 0 aliphatic carbocycles. The number of hydrogen-bond donors (Lipinski definition) is 4. The molecule has 0 fully saturated rings. The molecule has 6 heteroatoms. The predicted octanol–water partition coefficient (Wildman–Crippen LogP) is -0.925. The summed E-state index contributed by atoms with van der Waals surface area (Å²) in [6.45, 7) is 1.16. The first kappa shape index (κ1) is 13.0. The van der Waals surface area contributed by atoms with Crippen molar-refractivity contribution in [2.24, 2.45) is 23.4 Å². The minimum atomic E-state index is -0.0685. The molecule has 1 aromatic carbocycles. The number of benzene rings is 1. The molecule has 0 aromatic heterocycles. The summed E-state index contributed by atoms with van der Waals surface area (Å²) in [4.78, 5) is 0. The Hall–Kier alpha value is -1.02. The molecule has 0 spiro atoms. The Balaban J connectivity index is 2.69. The second-order valence-electron chi connectivity index (χ2n) is 4.83. The number of rotatable bonds is 4. The van der Waals surface area contributed by atoms with Gasteiger partial charge in [-0.3, -0.25) is 0 Å². The number of quaternary nitrogens is 2. The zero-order valence-electron chi connectivity index (χ0n) is 9.93. The van der Waals surface area contributed by atoms with Gasteiger partial charge in [0.25, 0.3) is 0 Å². The monoisotopic (exact) mass is 226 g/mol. The minimum Gasteiger partial charge on any atom is -0.175 e. The molecular formula is C10H22N6+2. The number of nitrogens with zero attached hydrogens (tertiary/aromatic N) is 2. The van der Waals surface area contributed by atoms with E-state index in [1.165, 1.54) is 0 Å². The zero-order chi connectivity index (χ0) is 12.4. The lowest BCUT2D eigenvalue weighted by Gasteiger charge is -2.22. The van der Waals surface area contributed by atoms with E-state index in [0.29, 0.717) is 13.1 Å². The van der Waals surface area contributed by atoms with Gasteiger partial charge in [-0.15, -0.1) is 0 Å². The van der Waals surface area contributed by atoms with Crippen LogP contribution in [0.2, 0.25) is 0 Å². The number of nitrogens with two attached hydrogens (primary N) is 4. The van der Waals surface area contributed by atoms with E-state index in [1.54, 1.807) is 14.1 Å². The molecule has 8 N–H and O–H groups in total. The molecule has 0 unspecified atom stereocenters. The van der Waals surface area contributed by atoms with Crippen molar-refractivity contribution < 1.29 is 9.40 Å². The van der Waals surface area contributed by atoms with Gasteiger partial charge in [0.05, 0.1) is 0 Å². The van der Waals surface area contributed by atoms with Crippen LogP contribution in [-0.2, 0) is 13.1 Å². The molecule has 0 saturated heterocycles. The molecule has 0 saturated carbocycles. The largest absolute Gasteiger partial charge is 0.175 e. The van der Waals surface area contributed by atoms with Crippen LogP contribution < -0.4 is 23.4 Å². The van der Waals surface area contributed by atoms with E-state index in [-0.39, 0.29) is 9.40 Å². The van der Waals surface area contributed by atoms with Crippen molar-refractivity contribution in [3.05, 3.63) is 35.4 Å². The standard InChI is InChI=1S/C10H22N6/c1-15(11,12)7-9-3-5-10(6-4-9)8-16(2,13)14/h3-6H,7-8,11-14H2,1-2H3/q+2. The second kappa shape index (κ2) is 4.46. The smallest absolute Gasteiger partial charge is 0.139 e. The highest BCUT2D eigenvalue weighted by Crippen LogP contribution is 2.08. The van der Waals surface area contributed by atoms with Crippen LogP contribution in [0.3, 0.4) is 0 Å². The van der Waals surface area contributed by atoms with E-state index in [4.69, 9.17) is 23.4 Å². The van der Waals surface area contributed by atoms with Gasteiger partial charge in [0.1, 0.15) is 27.2 Å². The van der Waals surface area contributed by atoms with Gasteiger partial charge in [-0.2, -0.15) is 32.8 Å². The first-order valence-corrected chi connectivity index (χ1v) is 5.09. The normalized spacial score (nSPS) is 12.9.